The van der Waals surface area contributed by atoms with E-state index in [-0.39, 0.29) is 0 Å². The van der Waals surface area contributed by atoms with E-state index in [1.54, 1.807) is 0 Å². The number of fused-ring (bicyclic) bond motifs is 1. The minimum atomic E-state index is 0.718. The van der Waals surface area contributed by atoms with E-state index in [0.29, 0.717) is 0 Å². The van der Waals surface area contributed by atoms with E-state index in [1.807, 2.05) is 12.1 Å². The first-order chi connectivity index (χ1) is 9.31. The number of nitrogens with zero attached hydrogens (tertiary/aromatic N) is 2. The molecule has 2 saturated heterocycles. The second kappa shape index (κ2) is 5.32. The Kier molecular flexibility index (Phi) is 3.54. The summed E-state index contributed by atoms with van der Waals surface area (Å²) in [5.74, 6) is 1.67. The number of nitrogens with one attached hydrogen (secondary N) is 1. The first kappa shape index (κ1) is 12.7. The largest absolute Gasteiger partial charge is 0.316 e. The van der Waals surface area contributed by atoms with Gasteiger partial charge in [0.2, 0.25) is 0 Å². The van der Waals surface area contributed by atoms with Crippen LogP contribution in [-0.2, 0) is 6.54 Å². The van der Waals surface area contributed by atoms with Crippen LogP contribution in [0.5, 0.6) is 0 Å². The molecule has 0 aliphatic carbocycles. The molecule has 0 saturated carbocycles. The van der Waals surface area contributed by atoms with Crippen LogP contribution in [0.25, 0.3) is 0 Å². The highest BCUT2D eigenvalue weighted by Crippen LogP contribution is 2.35. The number of nitriles is 1. The number of hydrogen-bond donors (Lipinski definition) is 1. The first-order valence-corrected chi connectivity index (χ1v) is 7.25. The van der Waals surface area contributed by atoms with Gasteiger partial charge in [0, 0.05) is 19.1 Å². The van der Waals surface area contributed by atoms with Crippen molar-refractivity contribution in [3.63, 3.8) is 0 Å². The molecule has 1 N–H and O–H groups in total. The molecule has 2 aliphatic heterocycles. The molecule has 0 aromatic heterocycles. The number of rotatable bonds is 3. The molecular formula is C16H21N3. The van der Waals surface area contributed by atoms with Crippen molar-refractivity contribution < 1.29 is 0 Å². The Morgan fingerprint density at radius 3 is 2.79 bits per heavy atom. The fourth-order valence-electron chi connectivity index (χ4n) is 3.77. The van der Waals surface area contributed by atoms with Crippen molar-refractivity contribution in [1.82, 2.24) is 10.2 Å². The normalized spacial score (nSPS) is 30.2. The van der Waals surface area contributed by atoms with Gasteiger partial charge in [0.15, 0.2) is 0 Å². The van der Waals surface area contributed by atoms with Crippen LogP contribution in [0.3, 0.4) is 0 Å². The van der Waals surface area contributed by atoms with E-state index in [9.17, 15) is 0 Å². The Morgan fingerprint density at radius 2 is 2.11 bits per heavy atom. The van der Waals surface area contributed by atoms with Crippen LogP contribution >= 0.6 is 0 Å². The van der Waals surface area contributed by atoms with Crippen LogP contribution in [-0.4, -0.2) is 30.6 Å². The van der Waals surface area contributed by atoms with E-state index in [2.05, 4.69) is 35.3 Å². The fraction of sp³-hybridized carbons (Fsp3) is 0.562. The summed E-state index contributed by atoms with van der Waals surface area (Å²) in [6, 6.07) is 10.9. The van der Waals surface area contributed by atoms with E-state index < -0.39 is 0 Å². The van der Waals surface area contributed by atoms with Crippen molar-refractivity contribution in [1.29, 1.82) is 5.26 Å². The van der Waals surface area contributed by atoms with Gasteiger partial charge in [-0.2, -0.15) is 5.26 Å². The fourth-order valence-corrected chi connectivity index (χ4v) is 3.77. The maximum atomic E-state index is 8.83. The lowest BCUT2D eigenvalue weighted by Gasteiger charge is -2.26. The molecule has 3 unspecified atom stereocenters. The molecule has 3 atom stereocenters. The van der Waals surface area contributed by atoms with Gasteiger partial charge in [-0.1, -0.05) is 19.1 Å². The maximum Gasteiger partial charge on any atom is 0.0991 e. The third kappa shape index (κ3) is 2.39. The van der Waals surface area contributed by atoms with Gasteiger partial charge in [-0.15, -0.1) is 0 Å². The Bertz CT molecular complexity index is 474. The average Bonchev–Trinajstić information content (AvgIpc) is 3.00. The number of likely N-dealkylation sites (tertiary alicyclic amines) is 1. The molecule has 3 nitrogen and oxygen atoms in total. The summed E-state index contributed by atoms with van der Waals surface area (Å²) in [5, 5.41) is 12.4. The standard InChI is InChI=1S/C16H21N3/c1-2-16-15-9-18-8-14(15)11-19(16)10-13-5-3-12(7-17)4-6-13/h3-6,14-16,18H,2,8-11H2,1H3. The summed E-state index contributed by atoms with van der Waals surface area (Å²) in [6.07, 6.45) is 1.24. The second-order valence-corrected chi connectivity index (χ2v) is 5.80. The summed E-state index contributed by atoms with van der Waals surface area (Å²) in [7, 11) is 0. The molecule has 2 aliphatic rings. The molecular weight excluding hydrogens is 234 g/mol. The van der Waals surface area contributed by atoms with E-state index in [4.69, 9.17) is 5.26 Å². The molecule has 1 aromatic carbocycles. The summed E-state index contributed by atoms with van der Waals surface area (Å²) < 4.78 is 0. The Labute approximate surface area is 115 Å². The lowest BCUT2D eigenvalue weighted by molar-refractivity contribution is 0.210. The average molecular weight is 255 g/mol. The van der Waals surface area contributed by atoms with E-state index >= 15 is 0 Å². The number of hydrogen-bond acceptors (Lipinski definition) is 3. The Balaban J connectivity index is 1.70. The van der Waals surface area contributed by atoms with Gasteiger partial charge in [-0.05, 0) is 49.0 Å². The summed E-state index contributed by atoms with van der Waals surface area (Å²) in [4.78, 5) is 2.64. The molecule has 100 valence electrons. The molecule has 2 heterocycles. The zero-order valence-electron chi connectivity index (χ0n) is 11.5. The van der Waals surface area contributed by atoms with Crippen molar-refractivity contribution in [2.45, 2.75) is 25.9 Å². The molecule has 0 amide bonds. The zero-order valence-corrected chi connectivity index (χ0v) is 11.5. The lowest BCUT2D eigenvalue weighted by atomic mass is 9.93. The van der Waals surface area contributed by atoms with E-state index in [0.717, 1.165) is 30.0 Å². The smallest absolute Gasteiger partial charge is 0.0991 e. The maximum absolute atomic E-state index is 8.83. The van der Waals surface area contributed by atoms with Crippen molar-refractivity contribution in [2.24, 2.45) is 11.8 Å². The highest BCUT2D eigenvalue weighted by Gasteiger charge is 2.42. The second-order valence-electron chi connectivity index (χ2n) is 5.80. The van der Waals surface area contributed by atoms with Crippen LogP contribution in [0.1, 0.15) is 24.5 Å². The van der Waals surface area contributed by atoms with Crippen LogP contribution in [0, 0.1) is 23.2 Å². The monoisotopic (exact) mass is 255 g/mol. The molecule has 0 spiro atoms. The minimum absolute atomic E-state index is 0.718. The topological polar surface area (TPSA) is 39.1 Å². The Hall–Kier alpha value is -1.37. The van der Waals surface area contributed by atoms with Crippen LogP contribution in [0.4, 0.5) is 0 Å². The lowest BCUT2D eigenvalue weighted by Crippen LogP contribution is -2.34. The molecule has 3 heteroatoms. The molecule has 1 aromatic rings. The third-order valence-electron chi connectivity index (χ3n) is 4.71. The van der Waals surface area contributed by atoms with Crippen LogP contribution in [0.15, 0.2) is 24.3 Å². The van der Waals surface area contributed by atoms with Crippen molar-refractivity contribution in [2.75, 3.05) is 19.6 Å². The van der Waals surface area contributed by atoms with E-state index in [1.165, 1.54) is 31.6 Å². The summed E-state index contributed by atoms with van der Waals surface area (Å²) >= 11 is 0. The quantitative estimate of drug-likeness (QED) is 0.897. The highest BCUT2D eigenvalue weighted by molar-refractivity contribution is 5.31. The summed E-state index contributed by atoms with van der Waals surface area (Å²) in [5.41, 5.74) is 2.07. The van der Waals surface area contributed by atoms with Crippen LogP contribution in [0.2, 0.25) is 0 Å². The van der Waals surface area contributed by atoms with Crippen molar-refractivity contribution in [3.8, 4) is 6.07 Å². The van der Waals surface area contributed by atoms with Gasteiger partial charge in [0.25, 0.3) is 0 Å². The van der Waals surface area contributed by atoms with Crippen molar-refractivity contribution in [3.05, 3.63) is 35.4 Å². The van der Waals surface area contributed by atoms with Gasteiger partial charge in [-0.3, -0.25) is 4.90 Å². The van der Waals surface area contributed by atoms with Gasteiger partial charge >= 0.3 is 0 Å². The molecule has 2 fully saturated rings. The predicted octanol–water partition coefficient (Wildman–Crippen LogP) is 1.99. The number of benzene rings is 1. The molecule has 19 heavy (non-hydrogen) atoms. The van der Waals surface area contributed by atoms with Gasteiger partial charge in [0.1, 0.15) is 0 Å². The highest BCUT2D eigenvalue weighted by atomic mass is 15.2. The Morgan fingerprint density at radius 1 is 1.32 bits per heavy atom. The molecule has 0 bridgehead atoms. The van der Waals surface area contributed by atoms with Gasteiger partial charge < -0.3 is 5.32 Å². The summed E-state index contributed by atoms with van der Waals surface area (Å²) in [6.45, 7) is 6.92. The SMILES string of the molecule is CCC1C2CNCC2CN1Cc1ccc(C#N)cc1. The minimum Gasteiger partial charge on any atom is -0.316 e. The van der Waals surface area contributed by atoms with Gasteiger partial charge in [-0.25, -0.2) is 0 Å². The molecule has 3 rings (SSSR count). The van der Waals surface area contributed by atoms with Crippen molar-refractivity contribution >= 4 is 0 Å². The van der Waals surface area contributed by atoms with Gasteiger partial charge in [0.05, 0.1) is 11.6 Å². The van der Waals surface area contributed by atoms with Crippen LogP contribution < -0.4 is 5.32 Å². The first-order valence-electron chi connectivity index (χ1n) is 7.25. The zero-order chi connectivity index (χ0) is 13.2. The molecule has 0 radical (unpaired) electrons. The predicted molar refractivity (Wildman–Crippen MR) is 75.5 cm³/mol. The third-order valence-corrected chi connectivity index (χ3v) is 4.71.